The van der Waals surface area contributed by atoms with Crippen molar-refractivity contribution in [2.45, 2.75) is 19.8 Å². The largest absolute Gasteiger partial charge is 0.497 e. The van der Waals surface area contributed by atoms with Gasteiger partial charge >= 0.3 is 0 Å². The van der Waals surface area contributed by atoms with Crippen LogP contribution in [-0.2, 0) is 0 Å². The summed E-state index contributed by atoms with van der Waals surface area (Å²) in [4.78, 5) is 0. The van der Waals surface area contributed by atoms with E-state index in [9.17, 15) is 0 Å². The third-order valence-corrected chi connectivity index (χ3v) is 2.20. The lowest BCUT2D eigenvalue weighted by molar-refractivity contribution is 0.318. The van der Waals surface area contributed by atoms with Crippen LogP contribution in [0.1, 0.15) is 25.3 Å². The van der Waals surface area contributed by atoms with Crippen molar-refractivity contribution in [1.82, 2.24) is 0 Å². The first-order valence-corrected chi connectivity index (χ1v) is 5.33. The van der Waals surface area contributed by atoms with Crippen LogP contribution in [0.4, 0.5) is 0 Å². The zero-order chi connectivity index (χ0) is 11.8. The number of methoxy groups -OCH3 is 1. The Morgan fingerprint density at radius 2 is 2.31 bits per heavy atom. The molecule has 0 radical (unpaired) electrons. The van der Waals surface area contributed by atoms with E-state index in [1.807, 2.05) is 43.3 Å². The highest BCUT2D eigenvalue weighted by Crippen LogP contribution is 2.13. The predicted molar refractivity (Wildman–Crippen MR) is 66.2 cm³/mol. The molecule has 0 unspecified atom stereocenters. The van der Waals surface area contributed by atoms with Crippen LogP contribution in [0.25, 0.3) is 6.08 Å². The molecule has 0 fully saturated rings. The van der Waals surface area contributed by atoms with Gasteiger partial charge in [0.25, 0.3) is 0 Å². The van der Waals surface area contributed by atoms with Gasteiger partial charge in [-0.25, -0.2) is 0 Å². The van der Waals surface area contributed by atoms with Crippen LogP contribution in [0.2, 0.25) is 0 Å². The van der Waals surface area contributed by atoms with E-state index < -0.39 is 0 Å². The summed E-state index contributed by atoms with van der Waals surface area (Å²) >= 11 is 0. The van der Waals surface area contributed by atoms with Gasteiger partial charge in [-0.3, -0.25) is 0 Å². The highest BCUT2D eigenvalue weighted by atomic mass is 16.5. The Hall–Kier alpha value is -1.77. The maximum Gasteiger partial charge on any atom is 0.119 e. The van der Waals surface area contributed by atoms with Gasteiger partial charge in [0.15, 0.2) is 0 Å². The molecule has 1 aromatic carbocycles. The average molecular weight is 219 g/mol. The molecular weight excluding hydrogens is 202 g/mol. The second-order valence-corrected chi connectivity index (χ2v) is 3.45. The van der Waals surface area contributed by atoms with Gasteiger partial charge in [-0.2, -0.15) is 0 Å². The molecular formula is C13H17NO2. The molecule has 0 aliphatic carbocycles. The van der Waals surface area contributed by atoms with Crippen molar-refractivity contribution >= 4 is 11.8 Å². The maximum atomic E-state index is 8.75. The first-order valence-electron chi connectivity index (χ1n) is 5.33. The van der Waals surface area contributed by atoms with Crippen LogP contribution >= 0.6 is 0 Å². The molecule has 0 bridgehead atoms. The van der Waals surface area contributed by atoms with Crippen LogP contribution in [0.15, 0.2) is 35.5 Å². The van der Waals surface area contributed by atoms with Crippen LogP contribution in [-0.4, -0.2) is 18.0 Å². The van der Waals surface area contributed by atoms with Gasteiger partial charge in [0.2, 0.25) is 0 Å². The van der Waals surface area contributed by atoms with Crippen molar-refractivity contribution < 1.29 is 9.94 Å². The Kier molecular flexibility index (Phi) is 5.12. The molecule has 1 aromatic rings. The first-order chi connectivity index (χ1) is 7.80. The average Bonchev–Trinajstić information content (AvgIpc) is 2.34. The highest BCUT2D eigenvalue weighted by molar-refractivity contribution is 5.97. The van der Waals surface area contributed by atoms with Crippen LogP contribution in [0, 0.1) is 0 Å². The zero-order valence-electron chi connectivity index (χ0n) is 9.68. The van der Waals surface area contributed by atoms with Gasteiger partial charge in [-0.05, 0) is 30.2 Å². The summed E-state index contributed by atoms with van der Waals surface area (Å²) in [6, 6.07) is 7.72. The second kappa shape index (κ2) is 6.67. The minimum atomic E-state index is 0.685. The standard InChI is InChI=1S/C13H17NO2/c1-3-5-12(14-15)9-8-11-6-4-7-13(10-11)16-2/h4,6-10,15H,3,5H2,1-2H3/b9-8+,14-12+. The number of hydrogen-bond donors (Lipinski definition) is 1. The third-order valence-electron chi connectivity index (χ3n) is 2.20. The molecule has 3 heteroatoms. The fraction of sp³-hybridized carbons (Fsp3) is 0.308. The summed E-state index contributed by atoms with van der Waals surface area (Å²) in [6.45, 7) is 2.05. The Bertz CT molecular complexity index is 383. The molecule has 0 saturated heterocycles. The summed E-state index contributed by atoms with van der Waals surface area (Å²) in [5.41, 5.74) is 1.71. The van der Waals surface area contributed by atoms with Crippen LogP contribution in [0.5, 0.6) is 5.75 Å². The molecule has 0 saturated carbocycles. The van der Waals surface area contributed by atoms with E-state index in [0.717, 1.165) is 24.2 Å². The summed E-state index contributed by atoms with van der Waals surface area (Å²) in [7, 11) is 1.64. The van der Waals surface area contributed by atoms with Crippen molar-refractivity contribution in [2.75, 3.05) is 7.11 Å². The van der Waals surface area contributed by atoms with Gasteiger partial charge < -0.3 is 9.94 Å². The van der Waals surface area contributed by atoms with Crippen molar-refractivity contribution in [2.24, 2.45) is 5.16 Å². The third kappa shape index (κ3) is 3.77. The number of rotatable bonds is 5. The maximum absolute atomic E-state index is 8.75. The number of hydrogen-bond acceptors (Lipinski definition) is 3. The van der Waals surface area contributed by atoms with Crippen molar-refractivity contribution in [3.63, 3.8) is 0 Å². The fourth-order valence-electron chi connectivity index (χ4n) is 1.36. The van der Waals surface area contributed by atoms with Crippen molar-refractivity contribution in [3.05, 3.63) is 35.9 Å². The Morgan fingerprint density at radius 3 is 2.94 bits per heavy atom. The summed E-state index contributed by atoms with van der Waals surface area (Å²) in [5, 5.41) is 12.0. The smallest absolute Gasteiger partial charge is 0.119 e. The van der Waals surface area contributed by atoms with Gasteiger partial charge in [0, 0.05) is 0 Å². The lowest BCUT2D eigenvalue weighted by Crippen LogP contribution is -1.91. The van der Waals surface area contributed by atoms with Gasteiger partial charge in [-0.1, -0.05) is 36.7 Å². The highest BCUT2D eigenvalue weighted by Gasteiger charge is 1.94. The minimum absolute atomic E-state index is 0.685. The Morgan fingerprint density at radius 1 is 1.50 bits per heavy atom. The van der Waals surface area contributed by atoms with E-state index in [1.54, 1.807) is 7.11 Å². The number of ether oxygens (including phenoxy) is 1. The fourth-order valence-corrected chi connectivity index (χ4v) is 1.36. The van der Waals surface area contributed by atoms with Crippen molar-refractivity contribution in [3.8, 4) is 5.75 Å². The van der Waals surface area contributed by atoms with Gasteiger partial charge in [0.05, 0.1) is 12.8 Å². The normalized spacial score (nSPS) is 12.0. The zero-order valence-corrected chi connectivity index (χ0v) is 9.68. The monoisotopic (exact) mass is 219 g/mol. The predicted octanol–water partition coefficient (Wildman–Crippen LogP) is 3.34. The molecule has 16 heavy (non-hydrogen) atoms. The molecule has 1 N–H and O–H groups in total. The summed E-state index contributed by atoms with van der Waals surface area (Å²) < 4.78 is 5.12. The molecule has 1 rings (SSSR count). The number of allylic oxidation sites excluding steroid dienone is 1. The number of benzene rings is 1. The molecule has 3 nitrogen and oxygen atoms in total. The lowest BCUT2D eigenvalue weighted by atomic mass is 10.1. The molecule has 0 aromatic heterocycles. The van der Waals surface area contributed by atoms with E-state index in [4.69, 9.17) is 9.94 Å². The molecule has 0 aliphatic rings. The molecule has 0 spiro atoms. The van der Waals surface area contributed by atoms with E-state index in [0.29, 0.717) is 5.71 Å². The van der Waals surface area contributed by atoms with E-state index >= 15 is 0 Å². The minimum Gasteiger partial charge on any atom is -0.497 e. The first kappa shape index (κ1) is 12.3. The number of oxime groups is 1. The topological polar surface area (TPSA) is 41.8 Å². The van der Waals surface area contributed by atoms with E-state index in [1.165, 1.54) is 0 Å². The SMILES string of the molecule is CCCC(/C=C/c1cccc(OC)c1)=N\O. The van der Waals surface area contributed by atoms with Crippen LogP contribution < -0.4 is 4.74 Å². The molecule has 0 atom stereocenters. The quantitative estimate of drug-likeness (QED) is 0.469. The summed E-state index contributed by atoms with van der Waals surface area (Å²) in [6.07, 6.45) is 5.46. The second-order valence-electron chi connectivity index (χ2n) is 3.45. The number of nitrogens with zero attached hydrogens (tertiary/aromatic N) is 1. The van der Waals surface area contributed by atoms with Crippen molar-refractivity contribution in [1.29, 1.82) is 0 Å². The molecule has 86 valence electrons. The Labute approximate surface area is 96.1 Å². The molecule has 0 aliphatic heterocycles. The molecule has 0 heterocycles. The summed E-state index contributed by atoms with van der Waals surface area (Å²) in [5.74, 6) is 0.820. The van der Waals surface area contributed by atoms with E-state index in [2.05, 4.69) is 5.16 Å². The van der Waals surface area contributed by atoms with Gasteiger partial charge in [0.1, 0.15) is 5.75 Å². The lowest BCUT2D eigenvalue weighted by Gasteiger charge is -2.00. The molecule has 0 amide bonds. The van der Waals surface area contributed by atoms with E-state index in [-0.39, 0.29) is 0 Å². The Balaban J connectivity index is 2.74. The van der Waals surface area contributed by atoms with Crippen LogP contribution in [0.3, 0.4) is 0 Å². The van der Waals surface area contributed by atoms with Gasteiger partial charge in [-0.15, -0.1) is 0 Å².